The molecule has 2 aromatic carbocycles. The molecule has 1 aliphatic rings. The van der Waals surface area contributed by atoms with Crippen molar-refractivity contribution in [2.24, 2.45) is 4.99 Å². The molecule has 206 valence electrons. The van der Waals surface area contributed by atoms with Crippen LogP contribution in [-0.4, -0.2) is 31.4 Å². The number of benzene rings is 2. The Hall–Kier alpha value is -3.54. The van der Waals surface area contributed by atoms with E-state index in [9.17, 15) is 9.59 Å². The molecule has 0 saturated heterocycles. The number of hydrogen-bond acceptors (Lipinski definition) is 9. The average Bonchev–Trinajstić information content (AvgIpc) is 3.45. The molecule has 1 atom stereocenters. The van der Waals surface area contributed by atoms with E-state index in [1.165, 1.54) is 34.8 Å². The highest BCUT2D eigenvalue weighted by Crippen LogP contribution is 2.37. The highest BCUT2D eigenvalue weighted by Gasteiger charge is 2.34. The predicted molar refractivity (Wildman–Crippen MR) is 157 cm³/mol. The molecule has 0 saturated carbocycles. The minimum atomic E-state index is -0.773. The summed E-state index contributed by atoms with van der Waals surface area (Å²) in [6.07, 6.45) is 1.69. The topological polar surface area (TPSA) is 92.3 Å². The van der Waals surface area contributed by atoms with Crippen molar-refractivity contribution >= 4 is 51.1 Å². The predicted octanol–water partition coefficient (Wildman–Crippen LogP) is 5.32. The lowest BCUT2D eigenvalue weighted by Crippen LogP contribution is -2.39. The fourth-order valence-corrected chi connectivity index (χ4v) is 6.74. The third kappa shape index (κ3) is 5.41. The highest BCUT2D eigenvalue weighted by molar-refractivity contribution is 9.10. The molecule has 0 unspecified atom stereocenters. The second kappa shape index (κ2) is 11.9. The van der Waals surface area contributed by atoms with Gasteiger partial charge in [-0.1, -0.05) is 47.4 Å². The number of halogens is 1. The molecule has 0 radical (unpaired) electrons. The van der Waals surface area contributed by atoms with Crippen LogP contribution in [0.2, 0.25) is 0 Å². The Morgan fingerprint density at radius 1 is 1.15 bits per heavy atom. The number of aromatic nitrogens is 1. The molecule has 8 nitrogen and oxygen atoms in total. The first kappa shape index (κ1) is 28.0. The number of esters is 1. The summed E-state index contributed by atoms with van der Waals surface area (Å²) >= 11 is 6.27. The van der Waals surface area contributed by atoms with Crippen molar-refractivity contribution in [3.8, 4) is 11.5 Å². The smallest absolute Gasteiger partial charge is 0.338 e. The summed E-state index contributed by atoms with van der Waals surface area (Å²) in [4.78, 5) is 33.1. The van der Waals surface area contributed by atoms with Gasteiger partial charge in [0.1, 0.15) is 5.76 Å². The van der Waals surface area contributed by atoms with E-state index in [4.69, 9.17) is 18.6 Å². The first-order valence-electron chi connectivity index (χ1n) is 12.3. The summed E-state index contributed by atoms with van der Waals surface area (Å²) in [7, 11) is 3.08. The van der Waals surface area contributed by atoms with Crippen molar-refractivity contribution in [2.75, 3.05) is 20.8 Å². The molecule has 0 bridgehead atoms. The molecular weight excluding hydrogens is 616 g/mol. The summed E-state index contributed by atoms with van der Waals surface area (Å²) in [5.74, 6) is 0.989. The minimum Gasteiger partial charge on any atom is -0.493 e. The number of hydrogen-bond donors (Lipinski definition) is 0. The zero-order valence-electron chi connectivity index (χ0n) is 22.1. The minimum absolute atomic E-state index is 0.190. The van der Waals surface area contributed by atoms with Gasteiger partial charge in [-0.3, -0.25) is 9.36 Å². The second-order valence-corrected chi connectivity index (χ2v) is 11.5. The van der Waals surface area contributed by atoms with Gasteiger partial charge in [0.2, 0.25) is 0 Å². The molecule has 1 aliphatic heterocycles. The van der Waals surface area contributed by atoms with Crippen LogP contribution in [0.25, 0.3) is 6.08 Å². The molecule has 0 amide bonds. The number of rotatable bonds is 8. The number of allylic oxidation sites excluding steroid dienone is 1. The molecule has 4 aromatic rings. The van der Waals surface area contributed by atoms with Gasteiger partial charge in [-0.15, -0.1) is 0 Å². The molecule has 0 spiro atoms. The van der Waals surface area contributed by atoms with Crippen LogP contribution >= 0.6 is 39.0 Å². The molecule has 5 rings (SSSR count). The Kier molecular flexibility index (Phi) is 8.34. The fraction of sp³-hybridized carbons (Fsp3) is 0.207. The van der Waals surface area contributed by atoms with Crippen molar-refractivity contribution in [3.05, 3.63) is 101 Å². The van der Waals surface area contributed by atoms with Crippen LogP contribution < -0.4 is 24.4 Å². The SMILES string of the molecule is CCOC(=O)C1=C(C)N=c2s/c(=C/c3cc(Br)c(Sc4ccccc4)o3)c(=O)n2[C@@H]1c1ccc(OC)c(OC)c1. The normalized spacial score (nSPS) is 15.0. The Bertz CT molecular complexity index is 1790. The van der Waals surface area contributed by atoms with Crippen LogP contribution in [0, 0.1) is 0 Å². The molecule has 2 aromatic heterocycles. The fourth-order valence-electron chi connectivity index (χ4n) is 4.36. The van der Waals surface area contributed by atoms with Crippen molar-refractivity contribution in [2.45, 2.75) is 29.9 Å². The molecule has 0 N–H and O–H groups in total. The number of ether oxygens (including phenoxy) is 3. The van der Waals surface area contributed by atoms with E-state index in [-0.39, 0.29) is 17.7 Å². The van der Waals surface area contributed by atoms with Crippen LogP contribution in [0.15, 0.2) is 94.5 Å². The third-order valence-corrected chi connectivity index (χ3v) is 8.97. The summed E-state index contributed by atoms with van der Waals surface area (Å²) < 4.78 is 25.1. The second-order valence-electron chi connectivity index (χ2n) is 8.62. The zero-order valence-corrected chi connectivity index (χ0v) is 25.3. The number of carbonyl (C=O) groups excluding carboxylic acids is 1. The van der Waals surface area contributed by atoms with Gasteiger partial charge in [0.05, 0.1) is 47.1 Å². The van der Waals surface area contributed by atoms with E-state index in [0.29, 0.717) is 42.9 Å². The highest BCUT2D eigenvalue weighted by atomic mass is 79.9. The van der Waals surface area contributed by atoms with E-state index in [1.807, 2.05) is 36.4 Å². The molecule has 11 heteroatoms. The number of carbonyl (C=O) groups is 1. The van der Waals surface area contributed by atoms with Gasteiger partial charge in [-0.05, 0) is 65.7 Å². The van der Waals surface area contributed by atoms with Gasteiger partial charge < -0.3 is 18.6 Å². The summed E-state index contributed by atoms with van der Waals surface area (Å²) in [6, 6.07) is 16.2. The van der Waals surface area contributed by atoms with Crippen LogP contribution in [0.5, 0.6) is 11.5 Å². The van der Waals surface area contributed by atoms with Crippen LogP contribution in [0.3, 0.4) is 0 Å². The Morgan fingerprint density at radius 3 is 2.60 bits per heavy atom. The van der Waals surface area contributed by atoms with E-state index in [2.05, 4.69) is 20.9 Å². The number of fused-ring (bicyclic) bond motifs is 1. The quantitative estimate of drug-likeness (QED) is 0.241. The molecule has 0 aliphatic carbocycles. The Morgan fingerprint density at radius 2 is 1.90 bits per heavy atom. The molecule has 40 heavy (non-hydrogen) atoms. The molecule has 3 heterocycles. The first-order valence-corrected chi connectivity index (χ1v) is 14.7. The number of thiazole rings is 1. The van der Waals surface area contributed by atoms with Crippen molar-refractivity contribution < 1.29 is 23.4 Å². The van der Waals surface area contributed by atoms with E-state index < -0.39 is 12.0 Å². The number of furan rings is 1. The maximum absolute atomic E-state index is 13.9. The zero-order chi connectivity index (χ0) is 28.4. The van der Waals surface area contributed by atoms with Crippen molar-refractivity contribution in [1.29, 1.82) is 0 Å². The lowest BCUT2D eigenvalue weighted by Gasteiger charge is -2.25. The summed E-state index contributed by atoms with van der Waals surface area (Å²) in [5, 5.41) is 0.675. The third-order valence-electron chi connectivity index (χ3n) is 6.14. The standard InChI is InChI=1S/C29H25BrN2O6S2/c1-5-37-27(34)24-16(2)31-29-32(25(24)17-11-12-21(35-3)22(13-17)36-4)26(33)23(40-29)15-18-14-20(30)28(38-18)39-19-9-7-6-8-10-19/h6-15,25H,5H2,1-4H3/b23-15+/t25-/m1/s1. The van der Waals surface area contributed by atoms with Crippen molar-refractivity contribution in [1.82, 2.24) is 4.57 Å². The number of nitrogens with zero attached hydrogens (tertiary/aromatic N) is 2. The van der Waals surface area contributed by atoms with E-state index >= 15 is 0 Å². The van der Waals surface area contributed by atoms with Gasteiger partial charge >= 0.3 is 5.97 Å². The summed E-state index contributed by atoms with van der Waals surface area (Å²) in [5.41, 5.74) is 1.12. The monoisotopic (exact) mass is 640 g/mol. The van der Waals surface area contributed by atoms with E-state index in [1.54, 1.807) is 45.2 Å². The molecular formula is C29H25BrN2O6S2. The Labute approximate surface area is 246 Å². The number of methoxy groups -OCH3 is 2. The van der Waals surface area contributed by atoms with Crippen LogP contribution in [0.1, 0.15) is 31.2 Å². The average molecular weight is 642 g/mol. The van der Waals surface area contributed by atoms with Crippen LogP contribution in [-0.2, 0) is 9.53 Å². The maximum atomic E-state index is 13.9. The lowest BCUT2D eigenvalue weighted by atomic mass is 9.95. The van der Waals surface area contributed by atoms with E-state index in [0.717, 1.165) is 9.37 Å². The van der Waals surface area contributed by atoms with Gasteiger partial charge in [0.25, 0.3) is 5.56 Å². The first-order chi connectivity index (χ1) is 19.3. The van der Waals surface area contributed by atoms with Gasteiger partial charge in [-0.2, -0.15) is 0 Å². The summed E-state index contributed by atoms with van der Waals surface area (Å²) in [6.45, 7) is 3.67. The van der Waals surface area contributed by atoms with Crippen LogP contribution in [0.4, 0.5) is 0 Å². The largest absolute Gasteiger partial charge is 0.493 e. The van der Waals surface area contributed by atoms with Gasteiger partial charge in [0, 0.05) is 11.0 Å². The molecule has 0 fully saturated rings. The lowest BCUT2D eigenvalue weighted by molar-refractivity contribution is -0.139. The van der Waals surface area contributed by atoms with Gasteiger partial charge in [0.15, 0.2) is 21.4 Å². The maximum Gasteiger partial charge on any atom is 0.338 e. The Balaban J connectivity index is 1.63. The van der Waals surface area contributed by atoms with Crippen molar-refractivity contribution in [3.63, 3.8) is 0 Å². The van der Waals surface area contributed by atoms with Gasteiger partial charge in [-0.25, -0.2) is 9.79 Å².